The number of anilines is 1. The minimum Gasteiger partial charge on any atom is -0.495 e. The molecular weight excluding hydrogens is 324 g/mol. The number of likely N-dealkylation sites (tertiary alicyclic amines) is 1. The van der Waals surface area contributed by atoms with E-state index < -0.39 is 0 Å². The molecule has 1 atom stereocenters. The average Bonchev–Trinajstić information content (AvgIpc) is 2.69. The second kappa shape index (κ2) is 8.86. The number of methoxy groups -OCH3 is 1. The van der Waals surface area contributed by atoms with E-state index in [1.54, 1.807) is 7.11 Å². The molecule has 4 heteroatoms. The van der Waals surface area contributed by atoms with E-state index in [0.717, 1.165) is 31.6 Å². The molecular formula is C22H28N2O2. The largest absolute Gasteiger partial charge is 0.495 e. The molecule has 2 aromatic carbocycles. The number of para-hydroxylation sites is 2. The monoisotopic (exact) mass is 352 g/mol. The van der Waals surface area contributed by atoms with Gasteiger partial charge in [0.25, 0.3) is 0 Å². The van der Waals surface area contributed by atoms with Crippen molar-refractivity contribution in [1.82, 2.24) is 4.90 Å². The fraction of sp³-hybridized carbons (Fsp3) is 0.409. The zero-order valence-electron chi connectivity index (χ0n) is 15.7. The first kappa shape index (κ1) is 18.5. The van der Waals surface area contributed by atoms with Crippen LogP contribution in [0.25, 0.3) is 0 Å². The Hall–Kier alpha value is -2.33. The number of carbonyl (C=O) groups excluding carboxylic acids is 1. The second-order valence-corrected chi connectivity index (χ2v) is 7.02. The molecule has 1 aliphatic rings. The Morgan fingerprint density at radius 2 is 1.77 bits per heavy atom. The van der Waals surface area contributed by atoms with Gasteiger partial charge in [-0.05, 0) is 56.5 Å². The van der Waals surface area contributed by atoms with Gasteiger partial charge in [0.15, 0.2) is 0 Å². The van der Waals surface area contributed by atoms with Crippen molar-refractivity contribution >= 4 is 11.6 Å². The average molecular weight is 352 g/mol. The summed E-state index contributed by atoms with van der Waals surface area (Å²) in [7, 11) is 1.62. The van der Waals surface area contributed by atoms with E-state index in [1.807, 2.05) is 24.3 Å². The first-order valence-corrected chi connectivity index (χ1v) is 9.39. The first-order chi connectivity index (χ1) is 12.7. The van der Waals surface area contributed by atoms with Crippen LogP contribution in [0.2, 0.25) is 0 Å². The number of nitrogens with one attached hydrogen (secondary N) is 1. The van der Waals surface area contributed by atoms with E-state index in [-0.39, 0.29) is 5.91 Å². The number of nitrogens with zero attached hydrogens (tertiary/aromatic N) is 1. The topological polar surface area (TPSA) is 41.6 Å². The molecule has 1 fully saturated rings. The number of benzene rings is 2. The zero-order chi connectivity index (χ0) is 18.4. The van der Waals surface area contributed by atoms with Gasteiger partial charge in [0.2, 0.25) is 5.91 Å². The molecule has 0 saturated carbocycles. The Morgan fingerprint density at radius 1 is 1.12 bits per heavy atom. The molecule has 3 rings (SSSR count). The summed E-state index contributed by atoms with van der Waals surface area (Å²) in [6.45, 7) is 4.36. The minimum absolute atomic E-state index is 0.0732. The van der Waals surface area contributed by atoms with Crippen molar-refractivity contribution in [3.05, 3.63) is 60.2 Å². The molecule has 1 unspecified atom stereocenters. The van der Waals surface area contributed by atoms with E-state index in [0.29, 0.717) is 24.1 Å². The van der Waals surface area contributed by atoms with Crippen LogP contribution in [0.15, 0.2) is 54.6 Å². The van der Waals surface area contributed by atoms with E-state index in [9.17, 15) is 4.79 Å². The Kier molecular flexibility index (Phi) is 6.29. The Morgan fingerprint density at radius 3 is 2.46 bits per heavy atom. The van der Waals surface area contributed by atoms with E-state index >= 15 is 0 Å². The first-order valence-electron chi connectivity index (χ1n) is 9.39. The molecule has 4 nitrogen and oxygen atoms in total. The molecule has 138 valence electrons. The molecule has 26 heavy (non-hydrogen) atoms. The van der Waals surface area contributed by atoms with Crippen LogP contribution in [0, 0.1) is 5.92 Å². The minimum atomic E-state index is 0.0732. The van der Waals surface area contributed by atoms with E-state index in [4.69, 9.17) is 4.74 Å². The highest BCUT2D eigenvalue weighted by atomic mass is 16.5. The number of piperidine rings is 1. The molecule has 0 aliphatic carbocycles. The van der Waals surface area contributed by atoms with Gasteiger partial charge < -0.3 is 10.1 Å². The van der Waals surface area contributed by atoms with Crippen LogP contribution >= 0.6 is 0 Å². The van der Waals surface area contributed by atoms with Crippen LogP contribution in [0.3, 0.4) is 0 Å². The van der Waals surface area contributed by atoms with Gasteiger partial charge in [-0.3, -0.25) is 9.69 Å². The molecule has 1 amide bonds. The Bertz CT molecular complexity index is 709. The van der Waals surface area contributed by atoms with Gasteiger partial charge in [0.05, 0.1) is 12.8 Å². The van der Waals surface area contributed by atoms with Crippen molar-refractivity contribution in [2.45, 2.75) is 32.2 Å². The lowest BCUT2D eigenvalue weighted by Crippen LogP contribution is -2.36. The molecule has 0 aromatic heterocycles. The van der Waals surface area contributed by atoms with Crippen molar-refractivity contribution in [3.8, 4) is 5.75 Å². The number of rotatable bonds is 6. The van der Waals surface area contributed by atoms with Gasteiger partial charge in [-0.15, -0.1) is 0 Å². The zero-order valence-corrected chi connectivity index (χ0v) is 15.7. The molecule has 1 saturated heterocycles. The summed E-state index contributed by atoms with van der Waals surface area (Å²) in [4.78, 5) is 14.9. The third kappa shape index (κ3) is 4.64. The van der Waals surface area contributed by atoms with Gasteiger partial charge in [-0.1, -0.05) is 42.5 Å². The lowest BCUT2D eigenvalue weighted by Gasteiger charge is -2.36. The van der Waals surface area contributed by atoms with Gasteiger partial charge >= 0.3 is 0 Å². The summed E-state index contributed by atoms with van der Waals surface area (Å²) in [6, 6.07) is 18.6. The summed E-state index contributed by atoms with van der Waals surface area (Å²) in [5.74, 6) is 1.22. The number of amides is 1. The maximum atomic E-state index is 12.4. The normalized spacial score (nSPS) is 16.8. The summed E-state index contributed by atoms with van der Waals surface area (Å²) < 4.78 is 5.30. The van der Waals surface area contributed by atoms with Crippen molar-refractivity contribution in [1.29, 1.82) is 0 Å². The number of ether oxygens (including phenoxy) is 1. The van der Waals surface area contributed by atoms with Crippen molar-refractivity contribution in [2.24, 2.45) is 5.92 Å². The second-order valence-electron chi connectivity index (χ2n) is 7.02. The smallest absolute Gasteiger partial charge is 0.224 e. The van der Waals surface area contributed by atoms with Crippen molar-refractivity contribution in [3.63, 3.8) is 0 Å². The maximum absolute atomic E-state index is 12.4. The molecule has 1 heterocycles. The molecule has 0 bridgehead atoms. The van der Waals surface area contributed by atoms with Gasteiger partial charge in [-0.2, -0.15) is 0 Å². The van der Waals surface area contributed by atoms with Crippen molar-refractivity contribution in [2.75, 3.05) is 25.5 Å². The fourth-order valence-corrected chi connectivity index (χ4v) is 3.70. The van der Waals surface area contributed by atoms with Gasteiger partial charge in [0, 0.05) is 12.5 Å². The van der Waals surface area contributed by atoms with Crippen LogP contribution in [0.4, 0.5) is 5.69 Å². The standard InChI is InChI=1S/C22H28N2O2/c1-17(19-8-4-3-5-9-19)24-14-12-18(13-15-24)16-22(25)23-20-10-6-7-11-21(20)26-2/h3-11,17-18H,12-16H2,1-2H3,(H,23,25). The Labute approximate surface area is 156 Å². The highest BCUT2D eigenvalue weighted by molar-refractivity contribution is 5.92. The van der Waals surface area contributed by atoms with E-state index in [1.165, 1.54) is 5.56 Å². The van der Waals surface area contributed by atoms with Gasteiger partial charge in [-0.25, -0.2) is 0 Å². The number of carbonyl (C=O) groups is 1. The molecule has 0 radical (unpaired) electrons. The SMILES string of the molecule is COc1ccccc1NC(=O)CC1CCN(C(C)c2ccccc2)CC1. The quantitative estimate of drug-likeness (QED) is 0.832. The molecule has 2 aromatic rings. The summed E-state index contributed by atoms with van der Waals surface area (Å²) in [6.07, 6.45) is 2.71. The molecule has 0 spiro atoms. The predicted octanol–water partition coefficient (Wildman–Crippen LogP) is 4.50. The van der Waals surface area contributed by atoms with Crippen LogP contribution in [0.5, 0.6) is 5.75 Å². The maximum Gasteiger partial charge on any atom is 0.224 e. The number of hydrogen-bond acceptors (Lipinski definition) is 3. The van der Waals surface area contributed by atoms with Crippen LogP contribution in [-0.4, -0.2) is 31.0 Å². The summed E-state index contributed by atoms with van der Waals surface area (Å²) in [5.41, 5.74) is 2.11. The van der Waals surface area contributed by atoms with Gasteiger partial charge in [0.1, 0.15) is 5.75 Å². The number of hydrogen-bond donors (Lipinski definition) is 1. The highest BCUT2D eigenvalue weighted by Gasteiger charge is 2.25. The van der Waals surface area contributed by atoms with Crippen molar-refractivity contribution < 1.29 is 9.53 Å². The Balaban J connectivity index is 1.48. The lowest BCUT2D eigenvalue weighted by molar-refractivity contribution is -0.117. The third-order valence-electron chi connectivity index (χ3n) is 5.33. The summed E-state index contributed by atoms with van der Waals surface area (Å²) >= 11 is 0. The molecule has 1 aliphatic heterocycles. The fourth-order valence-electron chi connectivity index (χ4n) is 3.70. The highest BCUT2D eigenvalue weighted by Crippen LogP contribution is 2.29. The summed E-state index contributed by atoms with van der Waals surface area (Å²) in [5, 5.41) is 2.99. The van der Waals surface area contributed by atoms with Crippen LogP contribution in [0.1, 0.15) is 37.8 Å². The van der Waals surface area contributed by atoms with Crippen LogP contribution < -0.4 is 10.1 Å². The molecule has 1 N–H and O–H groups in total. The van der Waals surface area contributed by atoms with E-state index in [2.05, 4.69) is 47.5 Å². The predicted molar refractivity (Wildman–Crippen MR) is 105 cm³/mol. The lowest BCUT2D eigenvalue weighted by atomic mass is 9.91. The van der Waals surface area contributed by atoms with Crippen LogP contribution in [-0.2, 0) is 4.79 Å². The third-order valence-corrected chi connectivity index (χ3v) is 5.33.